The maximum atomic E-state index is 12.5. The van der Waals surface area contributed by atoms with E-state index < -0.39 is 4.75 Å². The van der Waals surface area contributed by atoms with Crippen LogP contribution in [0.3, 0.4) is 0 Å². The van der Waals surface area contributed by atoms with E-state index in [-0.39, 0.29) is 10.7 Å². The smallest absolute Gasteiger partial charge is 0.235 e. The maximum Gasteiger partial charge on any atom is 0.235 e. The van der Waals surface area contributed by atoms with E-state index in [0.717, 1.165) is 31.0 Å². The van der Waals surface area contributed by atoms with Gasteiger partial charge in [-0.3, -0.25) is 4.79 Å². The van der Waals surface area contributed by atoms with Gasteiger partial charge in [0.15, 0.2) is 0 Å². The molecule has 5 heteroatoms. The average molecular weight is 445 g/mol. The number of thioether (sulfide) groups is 2. The molecule has 0 radical (unpaired) electrons. The van der Waals surface area contributed by atoms with Crippen molar-refractivity contribution in [3.8, 4) is 0 Å². The van der Waals surface area contributed by atoms with Crippen molar-refractivity contribution < 1.29 is 4.79 Å². The summed E-state index contributed by atoms with van der Waals surface area (Å²) in [6, 6.07) is 20.9. The first-order chi connectivity index (χ1) is 14.3. The Kier molecular flexibility index (Phi) is 10.3. The van der Waals surface area contributed by atoms with Gasteiger partial charge in [-0.05, 0) is 51.8 Å². The molecule has 164 valence electrons. The number of carbonyl (C=O) groups is 1. The summed E-state index contributed by atoms with van der Waals surface area (Å²) in [7, 11) is 0. The third-order valence-corrected chi connectivity index (χ3v) is 7.62. The zero-order valence-corrected chi connectivity index (χ0v) is 20.4. The van der Waals surface area contributed by atoms with Crippen LogP contribution in [0, 0.1) is 0 Å². The van der Waals surface area contributed by atoms with Gasteiger partial charge in [0.25, 0.3) is 0 Å². The predicted octanol–water partition coefficient (Wildman–Crippen LogP) is 5.51. The fourth-order valence-corrected chi connectivity index (χ4v) is 4.70. The lowest BCUT2D eigenvalue weighted by Crippen LogP contribution is -2.41. The average Bonchev–Trinajstić information content (AvgIpc) is 2.74. The second-order valence-electron chi connectivity index (χ2n) is 8.60. The molecule has 0 aliphatic heterocycles. The van der Waals surface area contributed by atoms with Gasteiger partial charge in [-0.25, -0.2) is 0 Å². The number of rotatable bonds is 13. The lowest BCUT2D eigenvalue weighted by atomic mass is 10.2. The molecule has 2 aromatic carbocycles. The summed E-state index contributed by atoms with van der Waals surface area (Å²) < 4.78 is -0.255. The molecule has 0 heterocycles. The Morgan fingerprint density at radius 2 is 1.33 bits per heavy atom. The Labute approximate surface area is 191 Å². The molecule has 0 aromatic heterocycles. The summed E-state index contributed by atoms with van der Waals surface area (Å²) in [6.45, 7) is 11.1. The summed E-state index contributed by atoms with van der Waals surface area (Å²) in [4.78, 5) is 12.5. The van der Waals surface area contributed by atoms with Gasteiger partial charge < -0.3 is 10.6 Å². The number of benzene rings is 2. The van der Waals surface area contributed by atoms with Gasteiger partial charge in [0.05, 0.1) is 4.75 Å². The standard InChI is InChI=1S/C25H36N2OS2/c1-24(2,29-18-21-12-7-5-8-13-21)20-26-16-11-17-27-23(28)25(3,4)30-19-22-14-9-6-10-15-22/h5-10,12-15,26H,11,16-20H2,1-4H3,(H,27,28). The Morgan fingerprint density at radius 1 is 0.800 bits per heavy atom. The Balaban J connectivity index is 1.58. The molecule has 2 N–H and O–H groups in total. The van der Waals surface area contributed by atoms with Gasteiger partial charge in [0, 0.05) is 29.3 Å². The number of hydrogen-bond acceptors (Lipinski definition) is 4. The van der Waals surface area contributed by atoms with Gasteiger partial charge in [-0.2, -0.15) is 0 Å². The second-order valence-corrected chi connectivity index (χ2v) is 11.9. The van der Waals surface area contributed by atoms with E-state index in [1.165, 1.54) is 11.1 Å². The van der Waals surface area contributed by atoms with Gasteiger partial charge >= 0.3 is 0 Å². The number of carbonyl (C=O) groups excluding carboxylic acids is 1. The van der Waals surface area contributed by atoms with Crippen molar-refractivity contribution in [2.45, 2.75) is 55.1 Å². The molecular formula is C25H36N2OS2. The first kappa shape index (κ1) is 24.8. The normalized spacial score (nSPS) is 12.0. The predicted molar refractivity (Wildman–Crippen MR) is 134 cm³/mol. The van der Waals surface area contributed by atoms with E-state index in [1.54, 1.807) is 11.8 Å². The zero-order valence-electron chi connectivity index (χ0n) is 18.7. The zero-order chi connectivity index (χ0) is 21.9. The van der Waals surface area contributed by atoms with Crippen LogP contribution in [0.4, 0.5) is 0 Å². The fraction of sp³-hybridized carbons (Fsp3) is 0.480. The van der Waals surface area contributed by atoms with Crippen LogP contribution >= 0.6 is 23.5 Å². The molecule has 30 heavy (non-hydrogen) atoms. The van der Waals surface area contributed by atoms with Crippen molar-refractivity contribution >= 4 is 29.4 Å². The van der Waals surface area contributed by atoms with E-state index in [1.807, 2.05) is 43.8 Å². The molecule has 2 aromatic rings. The fourth-order valence-electron chi connectivity index (χ4n) is 2.83. The van der Waals surface area contributed by atoms with Crippen LogP contribution in [-0.2, 0) is 16.3 Å². The first-order valence-electron chi connectivity index (χ1n) is 10.6. The second kappa shape index (κ2) is 12.4. The van der Waals surface area contributed by atoms with E-state index in [9.17, 15) is 4.79 Å². The van der Waals surface area contributed by atoms with Crippen LogP contribution in [0.25, 0.3) is 0 Å². The lowest BCUT2D eigenvalue weighted by molar-refractivity contribution is -0.122. The maximum absolute atomic E-state index is 12.5. The van der Waals surface area contributed by atoms with Crippen molar-refractivity contribution in [2.24, 2.45) is 0 Å². The van der Waals surface area contributed by atoms with Gasteiger partial charge in [-0.1, -0.05) is 60.7 Å². The molecule has 0 aliphatic carbocycles. The Bertz CT molecular complexity index is 748. The van der Waals surface area contributed by atoms with Crippen LogP contribution in [0.2, 0.25) is 0 Å². The van der Waals surface area contributed by atoms with Crippen molar-refractivity contribution in [2.75, 3.05) is 19.6 Å². The Hall–Kier alpha value is -1.43. The molecular weight excluding hydrogens is 408 g/mol. The molecule has 0 aliphatic rings. The molecule has 0 spiro atoms. The van der Waals surface area contributed by atoms with Crippen LogP contribution < -0.4 is 10.6 Å². The van der Waals surface area contributed by atoms with E-state index in [4.69, 9.17) is 0 Å². The van der Waals surface area contributed by atoms with Gasteiger partial charge in [0.1, 0.15) is 0 Å². The molecule has 0 atom stereocenters. The van der Waals surface area contributed by atoms with E-state index >= 15 is 0 Å². The largest absolute Gasteiger partial charge is 0.355 e. The van der Waals surface area contributed by atoms with Crippen molar-refractivity contribution in [3.05, 3.63) is 71.8 Å². The summed E-state index contributed by atoms with van der Waals surface area (Å²) in [5.74, 6) is 1.99. The molecule has 0 unspecified atom stereocenters. The molecule has 0 saturated heterocycles. The monoisotopic (exact) mass is 444 g/mol. The van der Waals surface area contributed by atoms with Crippen LogP contribution in [-0.4, -0.2) is 35.0 Å². The van der Waals surface area contributed by atoms with Gasteiger partial charge in [0.2, 0.25) is 5.91 Å². The first-order valence-corrected chi connectivity index (χ1v) is 12.6. The minimum Gasteiger partial charge on any atom is -0.355 e. The highest BCUT2D eigenvalue weighted by Crippen LogP contribution is 2.28. The van der Waals surface area contributed by atoms with Crippen LogP contribution in [0.5, 0.6) is 0 Å². The molecule has 0 saturated carbocycles. The molecule has 1 amide bonds. The third kappa shape index (κ3) is 9.59. The van der Waals surface area contributed by atoms with E-state index in [2.05, 4.69) is 66.9 Å². The summed E-state index contributed by atoms with van der Waals surface area (Å²) in [5.41, 5.74) is 2.62. The Morgan fingerprint density at radius 3 is 1.90 bits per heavy atom. The summed E-state index contributed by atoms with van der Waals surface area (Å²) in [6.07, 6.45) is 0.935. The van der Waals surface area contributed by atoms with E-state index in [0.29, 0.717) is 6.54 Å². The lowest BCUT2D eigenvalue weighted by Gasteiger charge is -2.25. The van der Waals surface area contributed by atoms with Crippen molar-refractivity contribution in [3.63, 3.8) is 0 Å². The van der Waals surface area contributed by atoms with Crippen molar-refractivity contribution in [1.82, 2.24) is 10.6 Å². The summed E-state index contributed by atoms with van der Waals surface area (Å²) >= 11 is 3.66. The quantitative estimate of drug-likeness (QED) is 0.400. The molecule has 0 bridgehead atoms. The summed E-state index contributed by atoms with van der Waals surface area (Å²) in [5, 5.41) is 6.64. The highest BCUT2D eigenvalue weighted by atomic mass is 32.2. The van der Waals surface area contributed by atoms with Gasteiger partial charge in [-0.15, -0.1) is 23.5 Å². The van der Waals surface area contributed by atoms with Crippen molar-refractivity contribution in [1.29, 1.82) is 0 Å². The topological polar surface area (TPSA) is 41.1 Å². The van der Waals surface area contributed by atoms with Crippen LogP contribution in [0.15, 0.2) is 60.7 Å². The number of amides is 1. The molecule has 2 rings (SSSR count). The third-order valence-electron chi connectivity index (χ3n) is 4.83. The SMILES string of the molecule is CC(C)(CNCCCNC(=O)C(C)(C)SCc1ccccc1)SCc1ccccc1. The van der Waals surface area contributed by atoms with Crippen LogP contribution in [0.1, 0.15) is 45.2 Å². The minimum absolute atomic E-state index is 0.113. The number of nitrogens with one attached hydrogen (secondary N) is 2. The minimum atomic E-state index is -0.431. The molecule has 0 fully saturated rings. The highest BCUT2D eigenvalue weighted by Gasteiger charge is 2.27. The molecule has 3 nitrogen and oxygen atoms in total. The highest BCUT2D eigenvalue weighted by molar-refractivity contribution is 8.00. The number of hydrogen-bond donors (Lipinski definition) is 2.